The molecule has 9 nitrogen and oxygen atoms in total. The number of carboxylic acid groups (broad SMARTS) is 1. The Bertz CT molecular complexity index is 1230. The fourth-order valence-electron chi connectivity index (χ4n) is 2.56. The van der Waals surface area contributed by atoms with Crippen LogP contribution in [-0.4, -0.2) is 47.5 Å². The highest BCUT2D eigenvalue weighted by Gasteiger charge is 2.14. The molecule has 0 aliphatic heterocycles. The van der Waals surface area contributed by atoms with Gasteiger partial charge in [-0.25, -0.2) is 24.8 Å². The molecule has 4 rings (SSSR count). The number of aromatic carboxylic acids is 1. The molecule has 3 heterocycles. The molecule has 134 valence electrons. The number of fused-ring (bicyclic) bond motifs is 1. The van der Waals surface area contributed by atoms with Gasteiger partial charge in [-0.3, -0.25) is 4.79 Å². The number of nitrogens with zero attached hydrogens (tertiary/aromatic N) is 4. The summed E-state index contributed by atoms with van der Waals surface area (Å²) in [5, 5.41) is 16.2. The van der Waals surface area contributed by atoms with Gasteiger partial charge in [0.15, 0.2) is 5.16 Å². The van der Waals surface area contributed by atoms with Crippen molar-refractivity contribution >= 4 is 28.8 Å². The lowest BCUT2D eigenvalue weighted by atomic mass is 10.2. The van der Waals surface area contributed by atoms with Crippen molar-refractivity contribution < 1.29 is 9.90 Å². The molecule has 0 saturated heterocycles. The predicted molar refractivity (Wildman–Crippen MR) is 99.7 cm³/mol. The van der Waals surface area contributed by atoms with E-state index < -0.39 is 11.5 Å². The Morgan fingerprint density at radius 2 is 2.00 bits per heavy atom. The molecular formula is C17H12N6O3S. The fraction of sp³-hybridized carbons (Fsp3) is 0.0588. The van der Waals surface area contributed by atoms with Crippen molar-refractivity contribution in [1.82, 2.24) is 30.1 Å². The molecule has 0 aliphatic carbocycles. The lowest BCUT2D eigenvalue weighted by Gasteiger charge is -2.02. The number of hydrogen-bond acceptors (Lipinski definition) is 7. The maximum Gasteiger partial charge on any atom is 0.335 e. The monoisotopic (exact) mass is 380 g/mol. The molecule has 4 aromatic rings. The van der Waals surface area contributed by atoms with E-state index in [-0.39, 0.29) is 11.1 Å². The van der Waals surface area contributed by atoms with Gasteiger partial charge >= 0.3 is 5.97 Å². The lowest BCUT2D eigenvalue weighted by molar-refractivity contribution is 0.0697. The molecule has 10 heteroatoms. The topological polar surface area (TPSA) is 138 Å². The molecule has 3 aromatic heterocycles. The molecule has 1 aromatic carbocycles. The standard InChI is InChI=1S/C17H12N6O3S/c1-27-17-18-5-4-11(21-17)13-7-9(15(24)23-22-13)14-19-10-3-2-8(16(25)26)6-12(10)20-14/h2-7H,1H3,(H,19,20)(H,23,24)(H,25,26). The van der Waals surface area contributed by atoms with E-state index in [9.17, 15) is 9.59 Å². The minimum atomic E-state index is -1.04. The highest BCUT2D eigenvalue weighted by molar-refractivity contribution is 7.98. The lowest BCUT2D eigenvalue weighted by Crippen LogP contribution is -2.12. The Morgan fingerprint density at radius 3 is 2.78 bits per heavy atom. The van der Waals surface area contributed by atoms with Crippen molar-refractivity contribution in [2.24, 2.45) is 0 Å². The number of aromatic nitrogens is 6. The van der Waals surface area contributed by atoms with E-state index >= 15 is 0 Å². The van der Waals surface area contributed by atoms with Crippen molar-refractivity contribution in [2.75, 3.05) is 6.26 Å². The van der Waals surface area contributed by atoms with Gasteiger partial charge in [0.05, 0.1) is 27.9 Å². The molecule has 3 N–H and O–H groups in total. The molecule has 0 saturated carbocycles. The van der Waals surface area contributed by atoms with Crippen molar-refractivity contribution in [3.8, 4) is 22.8 Å². The Labute approximate surface area is 155 Å². The normalized spacial score (nSPS) is 11.0. The maximum absolute atomic E-state index is 12.3. The molecule has 0 bridgehead atoms. The van der Waals surface area contributed by atoms with Crippen LogP contribution in [0.1, 0.15) is 10.4 Å². The zero-order chi connectivity index (χ0) is 19.0. The highest BCUT2D eigenvalue weighted by Crippen LogP contribution is 2.22. The van der Waals surface area contributed by atoms with E-state index in [0.29, 0.717) is 33.4 Å². The molecule has 0 aliphatic rings. The number of benzene rings is 1. The van der Waals surface area contributed by atoms with Crippen LogP contribution in [-0.2, 0) is 0 Å². The Morgan fingerprint density at radius 1 is 1.15 bits per heavy atom. The first kappa shape index (κ1) is 16.9. The molecule has 0 fully saturated rings. The smallest absolute Gasteiger partial charge is 0.335 e. The summed E-state index contributed by atoms with van der Waals surface area (Å²) < 4.78 is 0. The first-order valence-electron chi connectivity index (χ1n) is 7.76. The third-order valence-electron chi connectivity index (χ3n) is 3.87. The largest absolute Gasteiger partial charge is 0.478 e. The van der Waals surface area contributed by atoms with Crippen LogP contribution in [0.3, 0.4) is 0 Å². The molecular weight excluding hydrogens is 368 g/mol. The minimum absolute atomic E-state index is 0.132. The van der Waals surface area contributed by atoms with Crippen LogP contribution in [0.15, 0.2) is 46.5 Å². The van der Waals surface area contributed by atoms with Gasteiger partial charge in [0, 0.05) is 6.20 Å². The summed E-state index contributed by atoms with van der Waals surface area (Å²) in [5.41, 5.74) is 2.10. The number of carbonyl (C=O) groups is 1. The Balaban J connectivity index is 1.82. The number of hydrogen-bond donors (Lipinski definition) is 3. The second kappa shape index (κ2) is 6.65. The van der Waals surface area contributed by atoms with Crippen LogP contribution in [0.2, 0.25) is 0 Å². The third kappa shape index (κ3) is 3.17. The van der Waals surface area contributed by atoms with E-state index in [0.717, 1.165) is 0 Å². The van der Waals surface area contributed by atoms with Gasteiger partial charge < -0.3 is 10.1 Å². The Kier molecular flexibility index (Phi) is 4.16. The number of thioether (sulfide) groups is 1. The zero-order valence-electron chi connectivity index (χ0n) is 13.9. The van der Waals surface area contributed by atoms with Gasteiger partial charge in [0.1, 0.15) is 11.5 Å². The van der Waals surface area contributed by atoms with E-state index in [1.54, 1.807) is 24.4 Å². The molecule has 0 radical (unpaired) electrons. The summed E-state index contributed by atoms with van der Waals surface area (Å²) in [7, 11) is 0. The first-order chi connectivity index (χ1) is 13.0. The van der Waals surface area contributed by atoms with Crippen molar-refractivity contribution in [3.05, 3.63) is 52.4 Å². The van der Waals surface area contributed by atoms with E-state index in [2.05, 4.69) is 30.1 Å². The second-order valence-electron chi connectivity index (χ2n) is 5.55. The predicted octanol–water partition coefficient (Wildman–Crippen LogP) is 2.19. The molecule has 27 heavy (non-hydrogen) atoms. The van der Waals surface area contributed by atoms with Crippen LogP contribution in [0.5, 0.6) is 0 Å². The second-order valence-corrected chi connectivity index (χ2v) is 6.32. The quantitative estimate of drug-likeness (QED) is 0.362. The van der Waals surface area contributed by atoms with Gasteiger partial charge in [-0.1, -0.05) is 11.8 Å². The van der Waals surface area contributed by atoms with Crippen LogP contribution in [0.4, 0.5) is 0 Å². The van der Waals surface area contributed by atoms with Crippen LogP contribution in [0, 0.1) is 0 Å². The van der Waals surface area contributed by atoms with Crippen molar-refractivity contribution in [2.45, 2.75) is 5.16 Å². The number of rotatable bonds is 4. The first-order valence-corrected chi connectivity index (χ1v) is 8.98. The Hall–Kier alpha value is -3.53. The summed E-state index contributed by atoms with van der Waals surface area (Å²) in [6, 6.07) is 7.80. The summed E-state index contributed by atoms with van der Waals surface area (Å²) in [5.74, 6) is -0.720. The SMILES string of the molecule is CSc1nccc(-c2cc(-c3nc4ccc(C(=O)O)cc4[nH]3)c(=O)[nH]n2)n1. The average Bonchev–Trinajstić information content (AvgIpc) is 3.11. The summed E-state index contributed by atoms with van der Waals surface area (Å²) in [4.78, 5) is 39.2. The van der Waals surface area contributed by atoms with Crippen LogP contribution < -0.4 is 5.56 Å². The highest BCUT2D eigenvalue weighted by atomic mass is 32.2. The number of H-pyrrole nitrogens is 2. The summed E-state index contributed by atoms with van der Waals surface area (Å²) in [6.07, 6.45) is 3.49. The summed E-state index contributed by atoms with van der Waals surface area (Å²) >= 11 is 1.40. The number of carboxylic acids is 1. The van der Waals surface area contributed by atoms with Gasteiger partial charge in [0.25, 0.3) is 5.56 Å². The third-order valence-corrected chi connectivity index (χ3v) is 4.43. The van der Waals surface area contributed by atoms with Crippen molar-refractivity contribution in [1.29, 1.82) is 0 Å². The van der Waals surface area contributed by atoms with E-state index in [1.165, 1.54) is 23.9 Å². The molecule has 0 unspecified atom stereocenters. The van der Waals surface area contributed by atoms with Crippen LogP contribution >= 0.6 is 11.8 Å². The summed E-state index contributed by atoms with van der Waals surface area (Å²) in [6.45, 7) is 0. The van der Waals surface area contributed by atoms with Gasteiger partial charge in [0.2, 0.25) is 0 Å². The van der Waals surface area contributed by atoms with Gasteiger partial charge in [-0.15, -0.1) is 0 Å². The number of nitrogens with one attached hydrogen (secondary N) is 2. The van der Waals surface area contributed by atoms with E-state index in [4.69, 9.17) is 5.11 Å². The van der Waals surface area contributed by atoms with Gasteiger partial charge in [-0.05, 0) is 36.6 Å². The number of imidazole rings is 1. The number of aromatic amines is 2. The maximum atomic E-state index is 12.3. The van der Waals surface area contributed by atoms with Gasteiger partial charge in [-0.2, -0.15) is 5.10 Å². The zero-order valence-corrected chi connectivity index (χ0v) is 14.7. The molecule has 0 amide bonds. The van der Waals surface area contributed by atoms with Crippen molar-refractivity contribution in [3.63, 3.8) is 0 Å². The van der Waals surface area contributed by atoms with E-state index in [1.807, 2.05) is 6.26 Å². The fourth-order valence-corrected chi connectivity index (χ4v) is 2.92. The van der Waals surface area contributed by atoms with Crippen LogP contribution in [0.25, 0.3) is 33.8 Å². The minimum Gasteiger partial charge on any atom is -0.478 e. The molecule has 0 spiro atoms. The molecule has 0 atom stereocenters. The average molecular weight is 380 g/mol.